The maximum absolute atomic E-state index is 2.47. The number of pyridine rings is 1. The average molecular weight is 283 g/mol. The highest BCUT2D eigenvalue weighted by Crippen LogP contribution is 2.44. The van der Waals surface area contributed by atoms with Crippen molar-refractivity contribution in [1.82, 2.24) is 4.40 Å². The molecule has 0 N–H and O–H groups in total. The van der Waals surface area contributed by atoms with Crippen LogP contribution in [-0.2, 0) is 0 Å². The van der Waals surface area contributed by atoms with Gasteiger partial charge in [-0.05, 0) is 24.1 Å². The summed E-state index contributed by atoms with van der Waals surface area (Å²) in [6.07, 6.45) is 10.4. The van der Waals surface area contributed by atoms with Crippen molar-refractivity contribution >= 4 is 27.3 Å². The minimum absolute atomic E-state index is 0.476. The zero-order chi connectivity index (χ0) is 14.3. The number of imidazole rings is 1. The molecule has 2 nitrogen and oxygen atoms in total. The van der Waals surface area contributed by atoms with Gasteiger partial charge in [0.25, 0.3) is 5.65 Å². The highest BCUT2D eigenvalue weighted by molar-refractivity contribution is 6.12. The van der Waals surface area contributed by atoms with Crippen molar-refractivity contribution in [2.24, 2.45) is 0 Å². The van der Waals surface area contributed by atoms with E-state index in [1.807, 2.05) is 0 Å². The normalized spacial score (nSPS) is 22.2. The molecule has 2 atom stereocenters. The number of fused-ring (bicyclic) bond motifs is 6. The van der Waals surface area contributed by atoms with Gasteiger partial charge in [0.15, 0.2) is 0 Å². The van der Waals surface area contributed by atoms with Crippen LogP contribution >= 0.6 is 0 Å². The summed E-state index contributed by atoms with van der Waals surface area (Å²) < 4.78 is 4.83. The van der Waals surface area contributed by atoms with E-state index in [9.17, 15) is 0 Å². The molecule has 2 aromatic heterocycles. The molecule has 0 bridgehead atoms. The van der Waals surface area contributed by atoms with Crippen LogP contribution < -0.4 is 4.57 Å². The van der Waals surface area contributed by atoms with E-state index in [-0.39, 0.29) is 0 Å². The number of para-hydroxylation sites is 1. The highest BCUT2D eigenvalue weighted by Gasteiger charge is 2.38. The van der Waals surface area contributed by atoms with Gasteiger partial charge in [0, 0.05) is 16.7 Å². The summed E-state index contributed by atoms with van der Waals surface area (Å²) in [6, 6.07) is 16.1. The van der Waals surface area contributed by atoms with Gasteiger partial charge in [-0.15, -0.1) is 0 Å². The quantitative estimate of drug-likeness (QED) is 0.260. The molecule has 0 amide bonds. The molecule has 2 heteroatoms. The van der Waals surface area contributed by atoms with Crippen molar-refractivity contribution in [1.29, 1.82) is 0 Å². The van der Waals surface area contributed by atoms with Gasteiger partial charge in [-0.1, -0.05) is 42.5 Å². The average Bonchev–Trinajstić information content (AvgIpc) is 3.21. The molecule has 0 spiro atoms. The van der Waals surface area contributed by atoms with E-state index in [2.05, 4.69) is 76.0 Å². The fourth-order valence-electron chi connectivity index (χ4n) is 4.59. The van der Waals surface area contributed by atoms with Gasteiger partial charge in [0.2, 0.25) is 0 Å². The number of allylic oxidation sites excluding steroid dienone is 2. The van der Waals surface area contributed by atoms with Crippen LogP contribution in [-0.4, -0.2) is 4.40 Å². The Morgan fingerprint density at radius 1 is 1.00 bits per heavy atom. The molecule has 0 saturated heterocycles. The summed E-state index contributed by atoms with van der Waals surface area (Å²) in [5, 5.41) is 4.17. The molecule has 0 fully saturated rings. The van der Waals surface area contributed by atoms with Gasteiger partial charge in [-0.2, -0.15) is 4.40 Å². The van der Waals surface area contributed by atoms with E-state index in [4.69, 9.17) is 0 Å². The van der Waals surface area contributed by atoms with E-state index in [0.717, 1.165) is 6.42 Å². The van der Waals surface area contributed by atoms with E-state index in [1.165, 1.54) is 32.9 Å². The second-order valence-corrected chi connectivity index (χ2v) is 6.45. The van der Waals surface area contributed by atoms with E-state index < -0.39 is 0 Å². The van der Waals surface area contributed by atoms with Gasteiger partial charge in [-0.3, -0.25) is 0 Å². The maximum atomic E-state index is 2.47. The second-order valence-electron chi connectivity index (χ2n) is 6.45. The molecule has 22 heavy (non-hydrogen) atoms. The summed E-state index contributed by atoms with van der Waals surface area (Å²) in [6.45, 7) is 0. The van der Waals surface area contributed by atoms with Crippen molar-refractivity contribution < 1.29 is 4.57 Å². The summed E-state index contributed by atoms with van der Waals surface area (Å²) in [5.41, 5.74) is 4.15. The highest BCUT2D eigenvalue weighted by atomic mass is 15.1. The minimum atomic E-state index is 0.476. The number of hydrogen-bond acceptors (Lipinski definition) is 0. The molecule has 2 unspecified atom stereocenters. The Bertz CT molecular complexity index is 1120. The van der Waals surface area contributed by atoms with Gasteiger partial charge in [0.05, 0.1) is 5.39 Å². The Morgan fingerprint density at radius 2 is 1.91 bits per heavy atom. The number of benzene rings is 2. The van der Waals surface area contributed by atoms with Crippen LogP contribution in [0.15, 0.2) is 67.0 Å². The molecule has 0 saturated carbocycles. The van der Waals surface area contributed by atoms with Gasteiger partial charge >= 0.3 is 0 Å². The summed E-state index contributed by atoms with van der Waals surface area (Å²) >= 11 is 0. The van der Waals surface area contributed by atoms with Crippen LogP contribution in [0.2, 0.25) is 0 Å². The first-order valence-electron chi connectivity index (χ1n) is 7.96. The van der Waals surface area contributed by atoms with Crippen LogP contribution in [0.3, 0.4) is 0 Å². The SMILES string of the molecule is C1=CC2C(C1)c1cccc3c4ccccc4n4cc[n+]2c4c13. The van der Waals surface area contributed by atoms with E-state index in [1.54, 1.807) is 0 Å². The smallest absolute Gasteiger partial charge is 0.223 e. The molecule has 3 heterocycles. The third-order valence-corrected chi connectivity index (χ3v) is 5.48. The predicted octanol–water partition coefficient (Wildman–Crippen LogP) is 4.13. The van der Waals surface area contributed by atoms with Crippen LogP contribution in [0.1, 0.15) is 23.9 Å². The fourth-order valence-corrected chi connectivity index (χ4v) is 4.59. The molecule has 104 valence electrons. The lowest BCUT2D eigenvalue weighted by atomic mass is 9.86. The molecular formula is C20H15N2+. The molecular weight excluding hydrogens is 268 g/mol. The Morgan fingerprint density at radius 3 is 2.91 bits per heavy atom. The summed E-state index contributed by atoms with van der Waals surface area (Å²) in [5.74, 6) is 0.591. The number of rotatable bonds is 0. The summed E-state index contributed by atoms with van der Waals surface area (Å²) in [7, 11) is 0. The van der Waals surface area contributed by atoms with Crippen LogP contribution in [0.5, 0.6) is 0 Å². The Balaban J connectivity index is 2.00. The zero-order valence-corrected chi connectivity index (χ0v) is 12.1. The number of nitrogens with zero attached hydrogens (tertiary/aromatic N) is 2. The van der Waals surface area contributed by atoms with Crippen LogP contribution in [0, 0.1) is 0 Å². The predicted molar refractivity (Wildman–Crippen MR) is 88.1 cm³/mol. The largest absolute Gasteiger partial charge is 0.295 e. The maximum Gasteiger partial charge on any atom is 0.295 e. The lowest BCUT2D eigenvalue weighted by molar-refractivity contribution is -0.689. The first-order chi connectivity index (χ1) is 10.9. The van der Waals surface area contributed by atoms with Crippen molar-refractivity contribution in [3.8, 4) is 0 Å². The van der Waals surface area contributed by atoms with Crippen LogP contribution in [0.4, 0.5) is 0 Å². The van der Waals surface area contributed by atoms with Gasteiger partial charge < -0.3 is 0 Å². The third-order valence-electron chi connectivity index (χ3n) is 5.48. The van der Waals surface area contributed by atoms with Crippen LogP contribution in [0.25, 0.3) is 27.3 Å². The standard InChI is InChI=1S/C20H15N2/c1-2-9-17-13(5-1)15-7-3-8-16-14-6-4-10-18(14)22-12-11-21(17)20(22)19(15)16/h1-5,7-12,14,18H,6H2/q+1. The van der Waals surface area contributed by atoms with Crippen molar-refractivity contribution in [2.75, 3.05) is 0 Å². The first kappa shape index (κ1) is 11.0. The molecule has 0 radical (unpaired) electrons. The first-order valence-corrected chi connectivity index (χ1v) is 7.96. The lowest BCUT2D eigenvalue weighted by Gasteiger charge is -2.24. The number of hydrogen-bond donors (Lipinski definition) is 0. The topological polar surface area (TPSA) is 8.29 Å². The second kappa shape index (κ2) is 3.58. The fraction of sp³-hybridized carbons (Fsp3) is 0.150. The minimum Gasteiger partial charge on any atom is -0.223 e. The lowest BCUT2D eigenvalue weighted by Crippen LogP contribution is -2.42. The Hall–Kier alpha value is -2.61. The Kier molecular flexibility index (Phi) is 1.80. The van der Waals surface area contributed by atoms with Gasteiger partial charge in [0.1, 0.15) is 24.0 Å². The van der Waals surface area contributed by atoms with E-state index in [0.29, 0.717) is 12.0 Å². The number of aromatic nitrogens is 2. The Labute approximate surface area is 127 Å². The molecule has 1 aliphatic heterocycles. The monoisotopic (exact) mass is 283 g/mol. The van der Waals surface area contributed by atoms with E-state index >= 15 is 0 Å². The summed E-state index contributed by atoms with van der Waals surface area (Å²) in [4.78, 5) is 0. The van der Waals surface area contributed by atoms with Crippen molar-refractivity contribution in [3.63, 3.8) is 0 Å². The third kappa shape index (κ3) is 1.09. The molecule has 6 rings (SSSR count). The molecule has 2 aliphatic rings. The van der Waals surface area contributed by atoms with Crippen molar-refractivity contribution in [2.45, 2.75) is 18.4 Å². The molecule has 1 aliphatic carbocycles. The molecule has 4 aromatic rings. The zero-order valence-electron chi connectivity index (χ0n) is 12.1. The van der Waals surface area contributed by atoms with Gasteiger partial charge in [-0.25, -0.2) is 4.57 Å². The molecule has 2 aromatic carbocycles. The van der Waals surface area contributed by atoms with Crippen molar-refractivity contribution in [3.05, 3.63) is 72.6 Å².